The van der Waals surface area contributed by atoms with Crippen molar-refractivity contribution in [3.05, 3.63) is 95.0 Å². The van der Waals surface area contributed by atoms with Gasteiger partial charge in [0.1, 0.15) is 0 Å². The van der Waals surface area contributed by atoms with Gasteiger partial charge < -0.3 is 10.2 Å². The first kappa shape index (κ1) is 31.6. The Labute approximate surface area is 245 Å². The smallest absolute Gasteiger partial charge is 0.283 e. The number of nitrogens with two attached hydrogens (primary N) is 1. The van der Waals surface area contributed by atoms with E-state index in [1.807, 2.05) is 0 Å². The first-order chi connectivity index (χ1) is 18.1. The zero-order valence-corrected chi connectivity index (χ0v) is 27.3. The van der Waals surface area contributed by atoms with Crippen molar-refractivity contribution < 1.29 is 4.43 Å². The predicted molar refractivity (Wildman–Crippen MR) is 171 cm³/mol. The second-order valence-electron chi connectivity index (χ2n) is 13.9. The van der Waals surface area contributed by atoms with Gasteiger partial charge in [-0.3, -0.25) is 0 Å². The Balaban J connectivity index is 2.04. The largest absolute Gasteiger partial charge is 0.403 e. The van der Waals surface area contributed by atoms with E-state index in [0.717, 1.165) is 23.4 Å². The summed E-state index contributed by atoms with van der Waals surface area (Å²) in [4.78, 5) is 0. The fourth-order valence-electron chi connectivity index (χ4n) is 5.54. The molecule has 0 aliphatic heterocycles. The van der Waals surface area contributed by atoms with Crippen LogP contribution < -0.4 is 16.1 Å². The van der Waals surface area contributed by atoms with Gasteiger partial charge >= 0.3 is 0 Å². The summed E-state index contributed by atoms with van der Waals surface area (Å²) in [6.45, 7) is 20.4. The SMILES string of the molecule is CC(C)C(C(O[Si](c1ccccc1)c1ccccc1)C(C)(C)C)C(C)(N)c1ccc(CCC(C)(C)C)c(Cl)c1. The van der Waals surface area contributed by atoms with Gasteiger partial charge in [0.2, 0.25) is 0 Å². The zero-order valence-electron chi connectivity index (χ0n) is 25.5. The maximum Gasteiger partial charge on any atom is 0.283 e. The molecule has 211 valence electrons. The van der Waals surface area contributed by atoms with Gasteiger partial charge in [-0.05, 0) is 64.1 Å². The van der Waals surface area contributed by atoms with Crippen molar-refractivity contribution in [3.63, 3.8) is 0 Å². The van der Waals surface area contributed by atoms with Crippen molar-refractivity contribution in [2.45, 2.75) is 86.8 Å². The summed E-state index contributed by atoms with van der Waals surface area (Å²) in [6.07, 6.45) is 1.97. The summed E-state index contributed by atoms with van der Waals surface area (Å²) >= 11 is 6.88. The Morgan fingerprint density at radius 2 is 1.31 bits per heavy atom. The van der Waals surface area contributed by atoms with E-state index in [1.165, 1.54) is 15.9 Å². The molecule has 3 rings (SSSR count). The lowest BCUT2D eigenvalue weighted by atomic mass is 9.66. The van der Waals surface area contributed by atoms with Crippen molar-refractivity contribution in [2.24, 2.45) is 28.4 Å². The molecular weight excluding hydrogens is 514 g/mol. The highest BCUT2D eigenvalue weighted by Gasteiger charge is 2.46. The third-order valence-electron chi connectivity index (χ3n) is 7.73. The number of benzene rings is 3. The molecular formula is C35H49ClNOSi. The molecule has 3 atom stereocenters. The molecule has 39 heavy (non-hydrogen) atoms. The molecule has 0 aliphatic carbocycles. The molecule has 0 bridgehead atoms. The summed E-state index contributed by atoms with van der Waals surface area (Å²) in [7, 11) is -1.52. The highest BCUT2D eigenvalue weighted by Crippen LogP contribution is 2.43. The van der Waals surface area contributed by atoms with Gasteiger partial charge in [0.15, 0.2) is 0 Å². The van der Waals surface area contributed by atoms with Crippen molar-refractivity contribution in [1.29, 1.82) is 0 Å². The fraction of sp³-hybridized carbons (Fsp3) is 0.486. The van der Waals surface area contributed by atoms with Gasteiger partial charge in [0, 0.05) is 16.5 Å². The second kappa shape index (κ2) is 12.7. The molecule has 4 heteroatoms. The molecule has 0 saturated carbocycles. The average molecular weight is 563 g/mol. The molecule has 2 nitrogen and oxygen atoms in total. The predicted octanol–water partition coefficient (Wildman–Crippen LogP) is 8.00. The van der Waals surface area contributed by atoms with Crippen LogP contribution in [0, 0.1) is 22.7 Å². The van der Waals surface area contributed by atoms with Crippen LogP contribution >= 0.6 is 11.6 Å². The molecule has 0 amide bonds. The molecule has 0 fully saturated rings. The Morgan fingerprint density at radius 3 is 1.72 bits per heavy atom. The molecule has 3 unspecified atom stereocenters. The first-order valence-electron chi connectivity index (χ1n) is 14.3. The normalized spacial score (nSPS) is 15.8. The third kappa shape index (κ3) is 8.30. The van der Waals surface area contributed by atoms with Gasteiger partial charge in [-0.1, -0.05) is 140 Å². The number of halogens is 1. The highest BCUT2D eigenvalue weighted by atomic mass is 35.5. The number of aryl methyl sites for hydroxylation is 1. The van der Waals surface area contributed by atoms with Gasteiger partial charge in [0.25, 0.3) is 9.04 Å². The summed E-state index contributed by atoms with van der Waals surface area (Å²) in [5, 5.41) is 3.30. The van der Waals surface area contributed by atoms with Crippen LogP contribution in [0.15, 0.2) is 78.9 Å². The Morgan fingerprint density at radius 1 is 0.795 bits per heavy atom. The van der Waals surface area contributed by atoms with E-state index in [-0.39, 0.29) is 22.9 Å². The quantitative estimate of drug-likeness (QED) is 0.254. The van der Waals surface area contributed by atoms with Gasteiger partial charge in [-0.15, -0.1) is 0 Å². The van der Waals surface area contributed by atoms with Crippen molar-refractivity contribution in [2.75, 3.05) is 0 Å². The molecule has 0 aromatic heterocycles. The summed E-state index contributed by atoms with van der Waals surface area (Å²) in [6, 6.07) is 27.8. The van der Waals surface area contributed by atoms with E-state index in [0.29, 0.717) is 5.92 Å². The van der Waals surface area contributed by atoms with Crippen LogP contribution in [0.2, 0.25) is 5.02 Å². The van der Waals surface area contributed by atoms with Crippen LogP contribution in [-0.2, 0) is 16.4 Å². The van der Waals surface area contributed by atoms with E-state index >= 15 is 0 Å². The second-order valence-corrected chi connectivity index (χ2v) is 16.3. The molecule has 3 aromatic rings. The van der Waals surface area contributed by atoms with Crippen LogP contribution in [-0.4, -0.2) is 15.1 Å². The Hall–Kier alpha value is -1.91. The number of hydrogen-bond donors (Lipinski definition) is 1. The lowest BCUT2D eigenvalue weighted by Gasteiger charge is -2.48. The van der Waals surface area contributed by atoms with Gasteiger partial charge in [0.05, 0.1) is 6.10 Å². The minimum Gasteiger partial charge on any atom is -0.403 e. The molecule has 0 heterocycles. The van der Waals surface area contributed by atoms with E-state index < -0.39 is 14.6 Å². The van der Waals surface area contributed by atoms with E-state index in [9.17, 15) is 0 Å². The topological polar surface area (TPSA) is 35.2 Å². The highest BCUT2D eigenvalue weighted by molar-refractivity contribution is 6.80. The summed E-state index contributed by atoms with van der Waals surface area (Å²) < 4.78 is 7.34. The van der Waals surface area contributed by atoms with Crippen LogP contribution in [0.3, 0.4) is 0 Å². The zero-order chi connectivity index (χ0) is 29.0. The molecule has 3 aromatic carbocycles. The molecule has 1 radical (unpaired) electrons. The molecule has 0 aliphatic rings. The molecule has 0 spiro atoms. The minimum absolute atomic E-state index is 0.0569. The van der Waals surface area contributed by atoms with Crippen molar-refractivity contribution in [3.8, 4) is 0 Å². The van der Waals surface area contributed by atoms with E-state index in [2.05, 4.69) is 141 Å². The molecule has 2 N–H and O–H groups in total. The minimum atomic E-state index is -1.52. The van der Waals surface area contributed by atoms with Crippen molar-refractivity contribution in [1.82, 2.24) is 0 Å². The summed E-state index contributed by atoms with van der Waals surface area (Å²) in [5.74, 6) is 0.347. The average Bonchev–Trinajstić information content (AvgIpc) is 2.85. The Bertz CT molecular complexity index is 1140. The van der Waals surface area contributed by atoms with E-state index in [1.54, 1.807) is 0 Å². The third-order valence-corrected chi connectivity index (χ3v) is 10.3. The lowest BCUT2D eigenvalue weighted by molar-refractivity contribution is -0.0187. The van der Waals surface area contributed by atoms with Gasteiger partial charge in [-0.25, -0.2) is 0 Å². The lowest BCUT2D eigenvalue weighted by Crippen LogP contribution is -2.58. The summed E-state index contributed by atoms with van der Waals surface area (Å²) in [5.41, 5.74) is 9.12. The maximum atomic E-state index is 7.37. The monoisotopic (exact) mass is 562 g/mol. The fourth-order valence-corrected chi connectivity index (χ4v) is 8.17. The number of rotatable bonds is 10. The van der Waals surface area contributed by atoms with Crippen LogP contribution in [0.25, 0.3) is 0 Å². The maximum absolute atomic E-state index is 7.37. The number of hydrogen-bond acceptors (Lipinski definition) is 2. The molecule has 0 saturated heterocycles. The van der Waals surface area contributed by atoms with Gasteiger partial charge in [-0.2, -0.15) is 0 Å². The van der Waals surface area contributed by atoms with Crippen LogP contribution in [0.4, 0.5) is 0 Å². The Kier molecular flexibility index (Phi) is 10.3. The van der Waals surface area contributed by atoms with E-state index in [4.69, 9.17) is 21.8 Å². The van der Waals surface area contributed by atoms with Crippen molar-refractivity contribution >= 4 is 31.0 Å². The van der Waals surface area contributed by atoms with Crippen LogP contribution in [0.5, 0.6) is 0 Å². The van der Waals surface area contributed by atoms with Crippen LogP contribution in [0.1, 0.15) is 79.9 Å². The standard InChI is InChI=1S/C35H49ClNOSi/c1-25(2)31(35(9,37)27-21-20-26(30(36)24-27)22-23-33(3,4)5)32(34(6,7)8)38-39(28-16-12-10-13-17-28)29-18-14-11-15-19-29/h10-21,24-25,31-32H,22-23,37H2,1-9H3. The first-order valence-corrected chi connectivity index (χ1v) is 16.1.